The Labute approximate surface area is 196 Å². The Bertz CT molecular complexity index is 442. The zero-order valence-electron chi connectivity index (χ0n) is 20.4. The van der Waals surface area contributed by atoms with Crippen LogP contribution in [0.1, 0.15) is 110 Å². The van der Waals surface area contributed by atoms with Gasteiger partial charge in [-0.3, -0.25) is 0 Å². The van der Waals surface area contributed by atoms with Crippen molar-refractivity contribution in [1.29, 1.82) is 0 Å². The van der Waals surface area contributed by atoms with E-state index in [0.717, 1.165) is 19.3 Å². The topological polar surface area (TPSA) is 99.4 Å². The van der Waals surface area contributed by atoms with Crippen LogP contribution in [0.25, 0.3) is 0 Å². The molecule has 1 saturated heterocycles. The van der Waals surface area contributed by atoms with E-state index in [4.69, 9.17) is 9.47 Å². The third-order valence-corrected chi connectivity index (χ3v) is 6.29. The number of unbranched alkanes of at least 4 members (excludes halogenated alkanes) is 14. The number of rotatable bonds is 20. The molecule has 0 aromatic rings. The van der Waals surface area contributed by atoms with Gasteiger partial charge in [-0.2, -0.15) is 0 Å². The molecule has 1 unspecified atom stereocenters. The summed E-state index contributed by atoms with van der Waals surface area (Å²) < 4.78 is 10.8. The lowest BCUT2D eigenvalue weighted by atomic mass is 9.99. The third-order valence-electron chi connectivity index (χ3n) is 6.29. The van der Waals surface area contributed by atoms with Gasteiger partial charge >= 0.3 is 0 Å². The summed E-state index contributed by atoms with van der Waals surface area (Å²) >= 11 is 0. The first-order valence-corrected chi connectivity index (χ1v) is 13.2. The first kappa shape index (κ1) is 29.5. The van der Waals surface area contributed by atoms with Crippen molar-refractivity contribution in [1.82, 2.24) is 0 Å². The highest BCUT2D eigenvalue weighted by Crippen LogP contribution is 2.22. The minimum atomic E-state index is -1.37. The van der Waals surface area contributed by atoms with Gasteiger partial charge in [0, 0.05) is 6.61 Å². The van der Waals surface area contributed by atoms with Gasteiger partial charge in [0.05, 0.1) is 6.61 Å². The molecule has 0 aromatic heterocycles. The van der Waals surface area contributed by atoms with Gasteiger partial charge < -0.3 is 29.9 Å². The van der Waals surface area contributed by atoms with Crippen LogP contribution in [0.3, 0.4) is 0 Å². The van der Waals surface area contributed by atoms with Crippen LogP contribution in [-0.2, 0) is 9.47 Å². The lowest BCUT2D eigenvalue weighted by Crippen LogP contribution is -2.59. The molecular weight excluding hydrogens is 408 g/mol. The highest BCUT2D eigenvalue weighted by molar-refractivity contribution is 4.88. The number of hydrogen-bond acceptors (Lipinski definition) is 6. The molecule has 4 N–H and O–H groups in total. The second-order valence-electron chi connectivity index (χ2n) is 9.21. The van der Waals surface area contributed by atoms with E-state index in [1.54, 1.807) is 0 Å². The van der Waals surface area contributed by atoms with E-state index in [0.29, 0.717) is 6.61 Å². The van der Waals surface area contributed by atoms with E-state index in [9.17, 15) is 20.4 Å². The van der Waals surface area contributed by atoms with Gasteiger partial charge in [-0.15, -0.1) is 0 Å². The monoisotopic (exact) mass is 458 g/mol. The molecule has 1 heterocycles. The molecule has 0 spiro atoms. The Morgan fingerprint density at radius 3 is 1.69 bits per heavy atom. The number of aliphatic hydroxyl groups excluding tert-OH is 4. The Morgan fingerprint density at radius 1 is 0.656 bits per heavy atom. The van der Waals surface area contributed by atoms with Crippen molar-refractivity contribution in [3.8, 4) is 0 Å². The molecule has 32 heavy (non-hydrogen) atoms. The molecule has 0 amide bonds. The summed E-state index contributed by atoms with van der Waals surface area (Å²) in [4.78, 5) is 0. The van der Waals surface area contributed by atoms with Crippen LogP contribution in [0.2, 0.25) is 0 Å². The molecular formula is C26H50O6. The van der Waals surface area contributed by atoms with Gasteiger partial charge in [-0.05, 0) is 32.1 Å². The zero-order chi connectivity index (χ0) is 23.4. The summed E-state index contributed by atoms with van der Waals surface area (Å²) in [5, 5.41) is 38.6. The van der Waals surface area contributed by atoms with Crippen molar-refractivity contribution in [2.24, 2.45) is 0 Å². The molecule has 0 aromatic carbocycles. The highest BCUT2D eigenvalue weighted by atomic mass is 16.7. The van der Waals surface area contributed by atoms with Gasteiger partial charge in [0.25, 0.3) is 0 Å². The summed E-state index contributed by atoms with van der Waals surface area (Å²) in [6.45, 7) is 2.26. The summed E-state index contributed by atoms with van der Waals surface area (Å²) in [5.41, 5.74) is 0. The van der Waals surface area contributed by atoms with Crippen molar-refractivity contribution in [3.05, 3.63) is 12.2 Å². The van der Waals surface area contributed by atoms with Crippen LogP contribution >= 0.6 is 0 Å². The van der Waals surface area contributed by atoms with Crippen LogP contribution in [0.4, 0.5) is 0 Å². The molecule has 1 fully saturated rings. The third kappa shape index (κ3) is 13.3. The van der Waals surface area contributed by atoms with Gasteiger partial charge in [0.2, 0.25) is 0 Å². The zero-order valence-corrected chi connectivity index (χ0v) is 20.4. The Morgan fingerprint density at radius 2 is 1.16 bits per heavy atom. The molecule has 0 saturated carbocycles. The van der Waals surface area contributed by atoms with Crippen LogP contribution in [0.15, 0.2) is 12.2 Å². The van der Waals surface area contributed by atoms with Crippen molar-refractivity contribution < 1.29 is 29.9 Å². The van der Waals surface area contributed by atoms with Crippen LogP contribution < -0.4 is 0 Å². The van der Waals surface area contributed by atoms with Crippen molar-refractivity contribution in [3.63, 3.8) is 0 Å². The molecule has 1 rings (SSSR count). The van der Waals surface area contributed by atoms with E-state index in [1.807, 2.05) is 0 Å². The van der Waals surface area contributed by atoms with Crippen LogP contribution in [0.5, 0.6) is 0 Å². The molecule has 1 aliphatic rings. The van der Waals surface area contributed by atoms with E-state index in [2.05, 4.69) is 19.1 Å². The molecule has 1 aliphatic heterocycles. The fourth-order valence-corrected chi connectivity index (χ4v) is 4.11. The second-order valence-corrected chi connectivity index (χ2v) is 9.21. The largest absolute Gasteiger partial charge is 0.394 e. The predicted octanol–water partition coefficient (Wildman–Crippen LogP) is 4.62. The molecule has 0 bridgehead atoms. The maximum Gasteiger partial charge on any atom is 0.186 e. The first-order valence-electron chi connectivity index (χ1n) is 13.2. The Kier molecular flexibility index (Phi) is 18.4. The Balaban J connectivity index is 1.86. The minimum absolute atomic E-state index is 0.421. The fraction of sp³-hybridized carbons (Fsp3) is 0.923. The maximum absolute atomic E-state index is 9.93. The van der Waals surface area contributed by atoms with Crippen LogP contribution in [-0.4, -0.2) is 64.3 Å². The average molecular weight is 459 g/mol. The summed E-state index contributed by atoms with van der Waals surface area (Å²) in [6, 6.07) is 0. The van der Waals surface area contributed by atoms with Crippen molar-refractivity contribution in [2.45, 2.75) is 140 Å². The number of ether oxygens (including phenoxy) is 2. The number of aliphatic hydroxyl groups is 4. The maximum atomic E-state index is 9.93. The standard InChI is InChI=1S/C26H50O6/c1-2-3-4-5-6-7-8-9-10-11-12-13-14-15-16-17-18-19-20-31-26-25(30)24(29)23(28)22(21-27)32-26/h11-12,22-30H,2-10,13-21H2,1H3/b12-11-/t22-,23-,24+,25-,26?/m1/s1. The van der Waals surface area contributed by atoms with Gasteiger partial charge in [0.15, 0.2) is 6.29 Å². The SMILES string of the molecule is CCCCCCCCCC/C=C\CCCCCCCCOC1O[C@H](CO)[C@@H](O)[C@H](O)[C@H]1O. The molecule has 6 heteroatoms. The molecule has 0 radical (unpaired) electrons. The van der Waals surface area contributed by atoms with Crippen molar-refractivity contribution >= 4 is 0 Å². The van der Waals surface area contributed by atoms with Gasteiger partial charge in [0.1, 0.15) is 24.4 Å². The van der Waals surface area contributed by atoms with Crippen molar-refractivity contribution in [2.75, 3.05) is 13.2 Å². The van der Waals surface area contributed by atoms with Gasteiger partial charge in [-0.25, -0.2) is 0 Å². The lowest BCUT2D eigenvalue weighted by Gasteiger charge is -2.39. The Hall–Kier alpha value is -0.500. The highest BCUT2D eigenvalue weighted by Gasteiger charge is 2.43. The first-order chi connectivity index (χ1) is 15.6. The summed E-state index contributed by atoms with van der Waals surface area (Å²) in [7, 11) is 0. The van der Waals surface area contributed by atoms with E-state index >= 15 is 0 Å². The molecule has 5 atom stereocenters. The summed E-state index contributed by atoms with van der Waals surface area (Å²) in [5.74, 6) is 0. The molecule has 190 valence electrons. The second kappa shape index (κ2) is 19.9. The lowest BCUT2D eigenvalue weighted by molar-refractivity contribution is -0.301. The number of hydrogen-bond donors (Lipinski definition) is 4. The number of allylic oxidation sites excluding steroid dienone is 2. The summed E-state index contributed by atoms with van der Waals surface area (Å²) in [6.07, 6.45) is 19.0. The molecule has 6 nitrogen and oxygen atoms in total. The van der Waals surface area contributed by atoms with E-state index in [1.165, 1.54) is 83.5 Å². The van der Waals surface area contributed by atoms with Crippen LogP contribution in [0, 0.1) is 0 Å². The quantitative estimate of drug-likeness (QED) is 0.157. The molecule has 0 aliphatic carbocycles. The van der Waals surface area contributed by atoms with E-state index < -0.39 is 37.3 Å². The normalized spacial score (nSPS) is 26.2. The minimum Gasteiger partial charge on any atom is -0.394 e. The average Bonchev–Trinajstić information content (AvgIpc) is 2.80. The predicted molar refractivity (Wildman–Crippen MR) is 128 cm³/mol. The smallest absolute Gasteiger partial charge is 0.186 e. The van der Waals surface area contributed by atoms with E-state index in [-0.39, 0.29) is 0 Å². The van der Waals surface area contributed by atoms with Gasteiger partial charge in [-0.1, -0.05) is 89.7 Å². The fourth-order valence-electron chi connectivity index (χ4n) is 4.11.